The van der Waals surface area contributed by atoms with Crippen molar-refractivity contribution >= 4 is 35.8 Å². The van der Waals surface area contributed by atoms with Crippen molar-refractivity contribution in [3.8, 4) is 0 Å². The van der Waals surface area contributed by atoms with Crippen LogP contribution < -0.4 is 16.0 Å². The molecule has 0 fully saturated rings. The molecule has 0 aromatic rings. The molecule has 0 aliphatic rings. The highest BCUT2D eigenvalue weighted by Gasteiger charge is 2.03. The molecule has 0 saturated carbocycles. The molecule has 0 spiro atoms. The molecule has 0 unspecified atom stereocenters. The minimum Gasteiger partial charge on any atom is -0.357 e. The summed E-state index contributed by atoms with van der Waals surface area (Å²) in [5, 5.41) is 9.26. The number of rotatable bonds is 9. The number of aliphatic imine (C=N–C) groups is 1. The van der Waals surface area contributed by atoms with Crippen LogP contribution >= 0.6 is 24.0 Å². The Kier molecular flexibility index (Phi) is 15.6. The van der Waals surface area contributed by atoms with E-state index in [0.717, 1.165) is 31.4 Å². The van der Waals surface area contributed by atoms with Crippen molar-refractivity contribution in [2.75, 3.05) is 19.6 Å². The van der Waals surface area contributed by atoms with Gasteiger partial charge in [0.1, 0.15) is 0 Å². The summed E-state index contributed by atoms with van der Waals surface area (Å²) in [6.07, 6.45) is 2.76. The van der Waals surface area contributed by atoms with Crippen molar-refractivity contribution in [2.24, 2.45) is 10.9 Å². The molecule has 0 aromatic carbocycles. The van der Waals surface area contributed by atoms with E-state index >= 15 is 0 Å². The summed E-state index contributed by atoms with van der Waals surface area (Å²) in [6, 6.07) is 0.195. The molecule has 3 N–H and O–H groups in total. The van der Waals surface area contributed by atoms with E-state index in [1.54, 1.807) is 0 Å². The van der Waals surface area contributed by atoms with Crippen LogP contribution in [0.25, 0.3) is 0 Å². The lowest BCUT2D eigenvalue weighted by molar-refractivity contribution is -0.121. The third kappa shape index (κ3) is 15.7. The van der Waals surface area contributed by atoms with Crippen LogP contribution in [0.3, 0.4) is 0 Å². The van der Waals surface area contributed by atoms with Crippen molar-refractivity contribution in [1.29, 1.82) is 0 Å². The Morgan fingerprint density at radius 1 is 1.14 bits per heavy atom. The molecule has 0 rings (SSSR count). The first-order valence-electron chi connectivity index (χ1n) is 7.77. The number of carbonyl (C=O) groups excluding carboxylic acids is 1. The first kappa shape index (κ1) is 22.7. The lowest BCUT2D eigenvalue weighted by Gasteiger charge is -2.12. The van der Waals surface area contributed by atoms with Gasteiger partial charge in [-0.25, -0.2) is 0 Å². The van der Waals surface area contributed by atoms with Crippen LogP contribution in [-0.4, -0.2) is 37.5 Å². The average Bonchev–Trinajstić information content (AvgIpc) is 2.33. The third-order valence-electron chi connectivity index (χ3n) is 2.65. The largest absolute Gasteiger partial charge is 0.357 e. The number of halogens is 1. The molecule has 0 atom stereocenters. The van der Waals surface area contributed by atoms with Crippen molar-refractivity contribution in [3.63, 3.8) is 0 Å². The smallest absolute Gasteiger partial charge is 0.221 e. The SMILES string of the molecule is CCNC(=NCCCC(C)C)NCCC(=O)NC(C)C.I. The van der Waals surface area contributed by atoms with Crippen LogP contribution in [0.4, 0.5) is 0 Å². The minimum absolute atomic E-state index is 0. The molecule has 5 nitrogen and oxygen atoms in total. The zero-order chi connectivity index (χ0) is 15.4. The molecule has 6 heteroatoms. The lowest BCUT2D eigenvalue weighted by atomic mass is 10.1. The van der Waals surface area contributed by atoms with E-state index in [0.29, 0.717) is 13.0 Å². The topological polar surface area (TPSA) is 65.5 Å². The molecule has 0 saturated heterocycles. The van der Waals surface area contributed by atoms with E-state index in [9.17, 15) is 4.79 Å². The van der Waals surface area contributed by atoms with Gasteiger partial charge < -0.3 is 16.0 Å². The molecule has 0 bridgehead atoms. The summed E-state index contributed by atoms with van der Waals surface area (Å²) in [7, 11) is 0. The van der Waals surface area contributed by atoms with Gasteiger partial charge in [0, 0.05) is 32.1 Å². The molecular formula is C15H33IN4O. The van der Waals surface area contributed by atoms with E-state index in [2.05, 4.69) is 34.8 Å². The Morgan fingerprint density at radius 3 is 2.33 bits per heavy atom. The Labute approximate surface area is 147 Å². The van der Waals surface area contributed by atoms with Gasteiger partial charge in [-0.1, -0.05) is 13.8 Å². The first-order chi connectivity index (χ1) is 9.45. The van der Waals surface area contributed by atoms with Crippen molar-refractivity contribution in [2.45, 2.75) is 59.9 Å². The van der Waals surface area contributed by atoms with Crippen LogP contribution in [-0.2, 0) is 4.79 Å². The monoisotopic (exact) mass is 412 g/mol. The summed E-state index contributed by atoms with van der Waals surface area (Å²) in [4.78, 5) is 16.0. The Morgan fingerprint density at radius 2 is 1.81 bits per heavy atom. The quantitative estimate of drug-likeness (QED) is 0.236. The van der Waals surface area contributed by atoms with Crippen LogP contribution in [0.2, 0.25) is 0 Å². The first-order valence-corrected chi connectivity index (χ1v) is 7.77. The van der Waals surface area contributed by atoms with E-state index in [4.69, 9.17) is 0 Å². The Hall–Kier alpha value is -0.530. The van der Waals surface area contributed by atoms with Crippen molar-refractivity contribution in [3.05, 3.63) is 0 Å². The van der Waals surface area contributed by atoms with Crippen LogP contribution in [0, 0.1) is 5.92 Å². The minimum atomic E-state index is 0. The number of hydrogen-bond acceptors (Lipinski definition) is 2. The predicted molar refractivity (Wildman–Crippen MR) is 101 cm³/mol. The zero-order valence-electron chi connectivity index (χ0n) is 14.2. The molecular weight excluding hydrogens is 379 g/mol. The van der Waals surface area contributed by atoms with Crippen molar-refractivity contribution in [1.82, 2.24) is 16.0 Å². The molecule has 0 aromatic heterocycles. The molecule has 0 aliphatic carbocycles. The van der Waals surface area contributed by atoms with Gasteiger partial charge in [-0.2, -0.15) is 0 Å². The van der Waals surface area contributed by atoms with Gasteiger partial charge >= 0.3 is 0 Å². The average molecular weight is 412 g/mol. The fourth-order valence-corrected chi connectivity index (χ4v) is 1.72. The highest BCUT2D eigenvalue weighted by molar-refractivity contribution is 14.0. The molecule has 126 valence electrons. The van der Waals surface area contributed by atoms with E-state index in [1.807, 2.05) is 20.8 Å². The van der Waals surface area contributed by atoms with Gasteiger partial charge in [0.05, 0.1) is 0 Å². The van der Waals surface area contributed by atoms with Gasteiger partial charge in [-0.15, -0.1) is 24.0 Å². The number of amides is 1. The number of hydrogen-bond donors (Lipinski definition) is 3. The summed E-state index contributed by atoms with van der Waals surface area (Å²) in [6.45, 7) is 12.7. The molecule has 1 amide bonds. The lowest BCUT2D eigenvalue weighted by Crippen LogP contribution is -2.40. The van der Waals surface area contributed by atoms with Crippen molar-refractivity contribution < 1.29 is 4.79 Å². The molecule has 0 aliphatic heterocycles. The van der Waals surface area contributed by atoms with E-state index in [1.165, 1.54) is 6.42 Å². The Balaban J connectivity index is 0. The zero-order valence-corrected chi connectivity index (χ0v) is 16.5. The standard InChI is InChI=1S/C15H32N4O.HI/c1-6-16-15(17-10-7-8-12(2)3)18-11-9-14(20)19-13(4)5;/h12-13H,6-11H2,1-5H3,(H,19,20)(H2,16,17,18);1H. The van der Waals surface area contributed by atoms with Gasteiger partial charge in [0.2, 0.25) is 5.91 Å². The Bertz CT molecular complexity index is 293. The molecule has 0 radical (unpaired) electrons. The number of nitrogens with one attached hydrogen (secondary N) is 3. The summed E-state index contributed by atoms with van der Waals surface area (Å²) in [5.74, 6) is 1.59. The third-order valence-corrected chi connectivity index (χ3v) is 2.65. The summed E-state index contributed by atoms with van der Waals surface area (Å²) in [5.41, 5.74) is 0. The van der Waals surface area contributed by atoms with Crippen LogP contribution in [0.1, 0.15) is 53.9 Å². The second-order valence-corrected chi connectivity index (χ2v) is 5.70. The molecule has 0 heterocycles. The molecule has 21 heavy (non-hydrogen) atoms. The number of nitrogens with zero attached hydrogens (tertiary/aromatic N) is 1. The highest BCUT2D eigenvalue weighted by Crippen LogP contribution is 2.02. The fourth-order valence-electron chi connectivity index (χ4n) is 1.72. The second kappa shape index (κ2) is 14.4. The summed E-state index contributed by atoms with van der Waals surface area (Å²) >= 11 is 0. The normalized spacial score (nSPS) is 11.3. The maximum atomic E-state index is 11.5. The van der Waals surface area contributed by atoms with Gasteiger partial charge in [0.25, 0.3) is 0 Å². The van der Waals surface area contributed by atoms with Gasteiger partial charge in [-0.3, -0.25) is 9.79 Å². The fraction of sp³-hybridized carbons (Fsp3) is 0.867. The maximum absolute atomic E-state index is 11.5. The van der Waals surface area contributed by atoms with E-state index < -0.39 is 0 Å². The van der Waals surface area contributed by atoms with Crippen LogP contribution in [0.5, 0.6) is 0 Å². The van der Waals surface area contributed by atoms with Gasteiger partial charge in [0.15, 0.2) is 5.96 Å². The van der Waals surface area contributed by atoms with Gasteiger partial charge in [-0.05, 0) is 39.5 Å². The van der Waals surface area contributed by atoms with E-state index in [-0.39, 0.29) is 35.9 Å². The van der Waals surface area contributed by atoms with Crippen LogP contribution in [0.15, 0.2) is 4.99 Å². The summed E-state index contributed by atoms with van der Waals surface area (Å²) < 4.78 is 0. The second-order valence-electron chi connectivity index (χ2n) is 5.70. The maximum Gasteiger partial charge on any atom is 0.221 e. The predicted octanol–water partition coefficient (Wildman–Crippen LogP) is 2.51. The number of guanidine groups is 1. The highest BCUT2D eigenvalue weighted by atomic mass is 127. The number of carbonyl (C=O) groups is 1.